The van der Waals surface area contributed by atoms with Gasteiger partial charge in [0, 0.05) is 22.7 Å². The van der Waals surface area contributed by atoms with Gasteiger partial charge in [-0.3, -0.25) is 0 Å². The first kappa shape index (κ1) is 9.21. The average Bonchev–Trinajstić information content (AvgIpc) is 2.62. The number of benzene rings is 1. The molecule has 0 saturated carbocycles. The Labute approximate surface area is 81.4 Å². The molecule has 1 heterocycles. The molecule has 0 saturated heterocycles. The minimum absolute atomic E-state index is 0.286. The molecule has 1 aromatic carbocycles. The third kappa shape index (κ3) is 1.30. The predicted molar refractivity (Wildman–Crippen MR) is 53.5 cm³/mol. The normalized spacial score (nSPS) is 13.4. The summed E-state index contributed by atoms with van der Waals surface area (Å²) >= 11 is 0. The van der Waals surface area contributed by atoms with E-state index < -0.39 is 6.10 Å². The van der Waals surface area contributed by atoms with Crippen molar-refractivity contribution in [3.05, 3.63) is 35.8 Å². The Bertz CT molecular complexity index is 449. The lowest BCUT2D eigenvalue weighted by Gasteiger charge is -2.05. The lowest BCUT2D eigenvalue weighted by Crippen LogP contribution is -1.94. The van der Waals surface area contributed by atoms with E-state index in [1.54, 1.807) is 18.3 Å². The summed E-state index contributed by atoms with van der Waals surface area (Å²) in [5.41, 5.74) is 1.37. The molecule has 0 aliphatic rings. The van der Waals surface area contributed by atoms with E-state index in [-0.39, 0.29) is 5.82 Å². The molecule has 2 rings (SSSR count). The third-order valence-electron chi connectivity index (χ3n) is 2.43. The summed E-state index contributed by atoms with van der Waals surface area (Å²) in [6.45, 7) is 1.87. The van der Waals surface area contributed by atoms with Gasteiger partial charge in [0.25, 0.3) is 0 Å². The molecule has 2 N–H and O–H groups in total. The first-order valence-electron chi connectivity index (χ1n) is 4.67. The van der Waals surface area contributed by atoms with Crippen LogP contribution in [0.2, 0.25) is 0 Å². The summed E-state index contributed by atoms with van der Waals surface area (Å²) in [5.74, 6) is -0.286. The van der Waals surface area contributed by atoms with Crippen molar-refractivity contribution in [1.29, 1.82) is 0 Å². The van der Waals surface area contributed by atoms with Gasteiger partial charge in [0.15, 0.2) is 0 Å². The van der Waals surface area contributed by atoms with Gasteiger partial charge < -0.3 is 10.1 Å². The number of rotatable bonds is 2. The van der Waals surface area contributed by atoms with Crippen molar-refractivity contribution in [2.24, 2.45) is 0 Å². The highest BCUT2D eigenvalue weighted by Crippen LogP contribution is 2.27. The van der Waals surface area contributed by atoms with E-state index in [9.17, 15) is 9.50 Å². The van der Waals surface area contributed by atoms with E-state index in [2.05, 4.69) is 4.98 Å². The van der Waals surface area contributed by atoms with Crippen LogP contribution in [-0.4, -0.2) is 10.1 Å². The van der Waals surface area contributed by atoms with Gasteiger partial charge >= 0.3 is 0 Å². The number of nitrogens with one attached hydrogen (secondary N) is 1. The molecule has 3 heteroatoms. The summed E-state index contributed by atoms with van der Waals surface area (Å²) in [5, 5.41) is 10.2. The molecule has 1 aromatic heterocycles. The number of aliphatic hydroxyl groups excluding tert-OH is 1. The van der Waals surface area contributed by atoms with Gasteiger partial charge in [-0.15, -0.1) is 0 Å². The number of hydrogen-bond donors (Lipinski definition) is 2. The zero-order chi connectivity index (χ0) is 10.1. The van der Waals surface area contributed by atoms with Gasteiger partial charge in [-0.25, -0.2) is 4.39 Å². The lowest BCUT2D eigenvalue weighted by molar-refractivity contribution is 0.175. The van der Waals surface area contributed by atoms with Crippen LogP contribution in [0.5, 0.6) is 0 Å². The van der Waals surface area contributed by atoms with Crippen LogP contribution < -0.4 is 0 Å². The Morgan fingerprint density at radius 1 is 1.50 bits per heavy atom. The van der Waals surface area contributed by atoms with E-state index in [0.717, 1.165) is 5.52 Å². The SMILES string of the molecule is CC[C@@H](O)c1c[nH]c2cccc(F)c12. The van der Waals surface area contributed by atoms with Crippen LogP contribution >= 0.6 is 0 Å². The van der Waals surface area contributed by atoms with Crippen molar-refractivity contribution in [2.75, 3.05) is 0 Å². The maximum absolute atomic E-state index is 13.4. The summed E-state index contributed by atoms with van der Waals surface area (Å²) in [6.07, 6.45) is 1.66. The van der Waals surface area contributed by atoms with E-state index >= 15 is 0 Å². The minimum atomic E-state index is -0.597. The molecule has 2 aromatic rings. The van der Waals surface area contributed by atoms with Gasteiger partial charge in [-0.1, -0.05) is 13.0 Å². The van der Waals surface area contributed by atoms with Crippen molar-refractivity contribution >= 4 is 10.9 Å². The molecule has 2 nitrogen and oxygen atoms in total. The fourth-order valence-electron chi connectivity index (χ4n) is 1.65. The topological polar surface area (TPSA) is 36.0 Å². The van der Waals surface area contributed by atoms with Crippen LogP contribution in [0, 0.1) is 5.82 Å². The highest BCUT2D eigenvalue weighted by molar-refractivity contribution is 5.84. The maximum atomic E-state index is 13.4. The average molecular weight is 193 g/mol. The number of aromatic nitrogens is 1. The second-order valence-electron chi connectivity index (χ2n) is 3.33. The van der Waals surface area contributed by atoms with Gasteiger partial charge in [0.05, 0.1) is 6.10 Å². The number of halogens is 1. The zero-order valence-electron chi connectivity index (χ0n) is 7.92. The van der Waals surface area contributed by atoms with Crippen LogP contribution in [0.1, 0.15) is 25.0 Å². The van der Waals surface area contributed by atoms with Gasteiger partial charge in [0.2, 0.25) is 0 Å². The van der Waals surface area contributed by atoms with Crippen LogP contribution in [0.25, 0.3) is 10.9 Å². The summed E-state index contributed by atoms with van der Waals surface area (Å²) in [6, 6.07) is 4.85. The summed E-state index contributed by atoms with van der Waals surface area (Å²) < 4.78 is 13.4. The summed E-state index contributed by atoms with van der Waals surface area (Å²) in [7, 11) is 0. The molecule has 0 fully saturated rings. The van der Waals surface area contributed by atoms with Crippen molar-refractivity contribution in [1.82, 2.24) is 4.98 Å². The number of H-pyrrole nitrogens is 1. The Morgan fingerprint density at radius 2 is 2.29 bits per heavy atom. The predicted octanol–water partition coefficient (Wildman–Crippen LogP) is 2.75. The first-order valence-corrected chi connectivity index (χ1v) is 4.67. The molecular weight excluding hydrogens is 181 g/mol. The van der Waals surface area contributed by atoms with Crippen LogP contribution in [0.4, 0.5) is 4.39 Å². The second-order valence-corrected chi connectivity index (χ2v) is 3.33. The Hall–Kier alpha value is -1.35. The smallest absolute Gasteiger partial charge is 0.132 e. The van der Waals surface area contributed by atoms with Gasteiger partial charge in [-0.2, -0.15) is 0 Å². The van der Waals surface area contributed by atoms with Gasteiger partial charge in [0.1, 0.15) is 5.82 Å². The van der Waals surface area contributed by atoms with Crippen molar-refractivity contribution in [3.8, 4) is 0 Å². The molecule has 1 atom stereocenters. The van der Waals surface area contributed by atoms with Gasteiger partial charge in [-0.05, 0) is 18.6 Å². The van der Waals surface area contributed by atoms with E-state index in [0.29, 0.717) is 17.4 Å². The van der Waals surface area contributed by atoms with Crippen LogP contribution in [0.3, 0.4) is 0 Å². The minimum Gasteiger partial charge on any atom is -0.388 e. The molecule has 74 valence electrons. The quantitative estimate of drug-likeness (QED) is 0.755. The monoisotopic (exact) mass is 193 g/mol. The lowest BCUT2D eigenvalue weighted by atomic mass is 10.1. The van der Waals surface area contributed by atoms with Crippen molar-refractivity contribution < 1.29 is 9.50 Å². The molecule has 0 aliphatic heterocycles. The molecule has 0 bridgehead atoms. The molecule has 14 heavy (non-hydrogen) atoms. The van der Waals surface area contributed by atoms with E-state index in [1.165, 1.54) is 6.07 Å². The second kappa shape index (κ2) is 3.42. The zero-order valence-corrected chi connectivity index (χ0v) is 7.92. The molecule has 0 radical (unpaired) electrons. The molecular formula is C11H12FNO. The largest absolute Gasteiger partial charge is 0.388 e. The van der Waals surface area contributed by atoms with E-state index in [4.69, 9.17) is 0 Å². The Kier molecular flexibility index (Phi) is 2.25. The molecule has 0 amide bonds. The molecule has 0 spiro atoms. The fourth-order valence-corrected chi connectivity index (χ4v) is 1.65. The Morgan fingerprint density at radius 3 is 3.00 bits per heavy atom. The van der Waals surface area contributed by atoms with Crippen molar-refractivity contribution in [3.63, 3.8) is 0 Å². The standard InChI is InChI=1S/C11H12FNO/c1-2-10(14)7-6-13-9-5-3-4-8(12)11(7)9/h3-6,10,13-14H,2H2,1H3/t10-/m1/s1. The molecule has 0 unspecified atom stereocenters. The first-order chi connectivity index (χ1) is 6.74. The van der Waals surface area contributed by atoms with E-state index in [1.807, 2.05) is 6.92 Å². The summed E-state index contributed by atoms with van der Waals surface area (Å²) in [4.78, 5) is 2.94. The van der Waals surface area contributed by atoms with Crippen LogP contribution in [-0.2, 0) is 0 Å². The Balaban J connectivity index is 2.67. The van der Waals surface area contributed by atoms with Crippen molar-refractivity contribution in [2.45, 2.75) is 19.4 Å². The number of hydrogen-bond acceptors (Lipinski definition) is 1. The molecule has 0 aliphatic carbocycles. The number of aromatic amines is 1. The third-order valence-corrected chi connectivity index (χ3v) is 2.43. The number of fused-ring (bicyclic) bond motifs is 1. The highest BCUT2D eigenvalue weighted by Gasteiger charge is 2.13. The number of aliphatic hydroxyl groups is 1. The maximum Gasteiger partial charge on any atom is 0.132 e. The fraction of sp³-hybridized carbons (Fsp3) is 0.273. The highest BCUT2D eigenvalue weighted by atomic mass is 19.1. The van der Waals surface area contributed by atoms with Crippen LogP contribution in [0.15, 0.2) is 24.4 Å².